The van der Waals surface area contributed by atoms with Crippen LogP contribution in [0.25, 0.3) is 0 Å². The predicted molar refractivity (Wildman–Crippen MR) is 68.0 cm³/mol. The molecular formula is C10H18ClN2O3P. The van der Waals surface area contributed by atoms with Crippen molar-refractivity contribution in [1.82, 2.24) is 9.76 Å². The molecule has 0 amide bonds. The van der Waals surface area contributed by atoms with Gasteiger partial charge in [0, 0.05) is 13.1 Å². The van der Waals surface area contributed by atoms with Crippen molar-refractivity contribution in [1.29, 1.82) is 0 Å². The minimum atomic E-state index is -3.23. The van der Waals surface area contributed by atoms with E-state index >= 15 is 0 Å². The fraction of sp³-hybridized carbons (Fsp3) is 0.700. The maximum absolute atomic E-state index is 12.3. The van der Waals surface area contributed by atoms with Crippen molar-refractivity contribution >= 4 is 24.0 Å². The van der Waals surface area contributed by atoms with E-state index in [2.05, 4.69) is 5.09 Å². The molecule has 1 N–H and O–H groups in total. The van der Waals surface area contributed by atoms with Gasteiger partial charge in [-0.15, -0.1) is 0 Å². The summed E-state index contributed by atoms with van der Waals surface area (Å²) in [4.78, 5) is 11.8. The highest BCUT2D eigenvalue weighted by molar-refractivity contribution is 7.85. The zero-order valence-corrected chi connectivity index (χ0v) is 11.9. The highest BCUT2D eigenvalue weighted by atomic mass is 35.7. The monoisotopic (exact) mass is 280 g/mol. The summed E-state index contributed by atoms with van der Waals surface area (Å²) < 4.78 is 18.5. The van der Waals surface area contributed by atoms with Gasteiger partial charge in [-0.3, -0.25) is 9.36 Å². The predicted octanol–water partition coefficient (Wildman–Crippen LogP) is 1.99. The van der Waals surface area contributed by atoms with E-state index in [-0.39, 0.29) is 5.92 Å². The molecule has 0 aliphatic carbocycles. The van der Waals surface area contributed by atoms with Gasteiger partial charge in [0.15, 0.2) is 0 Å². The quantitative estimate of drug-likeness (QED) is 0.487. The van der Waals surface area contributed by atoms with Crippen molar-refractivity contribution < 1.29 is 14.1 Å². The average Bonchev–Trinajstić information content (AvgIpc) is 2.40. The third-order valence-corrected chi connectivity index (χ3v) is 5.18. The number of hydrogen-bond donors (Lipinski definition) is 1. The van der Waals surface area contributed by atoms with Crippen molar-refractivity contribution in [3.8, 4) is 0 Å². The number of esters is 1. The van der Waals surface area contributed by atoms with Crippen molar-refractivity contribution in [3.05, 3.63) is 12.2 Å². The van der Waals surface area contributed by atoms with Crippen LogP contribution >= 0.6 is 18.0 Å². The standard InChI is InChI=1S/C10H18ClN2O3P/c1-8(2)9(10(14)16-3)13-7-5-4-6-12-17(13,11)15/h4-5,8-9H,6-7H2,1-3H3,(H,12,15). The number of halogens is 1. The smallest absolute Gasteiger partial charge is 0.323 e. The van der Waals surface area contributed by atoms with E-state index in [0.29, 0.717) is 13.1 Å². The number of carbonyl (C=O) groups excluding carboxylic acids is 1. The second-order valence-corrected chi connectivity index (χ2v) is 7.38. The molecule has 2 unspecified atom stereocenters. The molecule has 0 fully saturated rings. The Morgan fingerprint density at radius 2 is 2.18 bits per heavy atom. The molecule has 1 rings (SSSR count). The summed E-state index contributed by atoms with van der Waals surface area (Å²) in [7, 11) is 1.32. The molecule has 0 spiro atoms. The van der Waals surface area contributed by atoms with Gasteiger partial charge in [-0.25, -0.2) is 9.76 Å². The lowest BCUT2D eigenvalue weighted by Gasteiger charge is -2.33. The average molecular weight is 281 g/mol. The lowest BCUT2D eigenvalue weighted by atomic mass is 10.0. The van der Waals surface area contributed by atoms with Gasteiger partial charge in [0.05, 0.1) is 7.11 Å². The maximum atomic E-state index is 12.3. The van der Waals surface area contributed by atoms with E-state index in [9.17, 15) is 9.36 Å². The normalized spacial score (nSPS) is 27.8. The van der Waals surface area contributed by atoms with Gasteiger partial charge < -0.3 is 4.74 Å². The SMILES string of the molecule is COC(=O)C(C(C)C)N1CC=CCNP1(=O)Cl. The number of rotatable bonds is 3. The van der Waals surface area contributed by atoms with E-state index in [1.807, 2.05) is 26.0 Å². The molecule has 5 nitrogen and oxygen atoms in total. The fourth-order valence-corrected chi connectivity index (χ4v) is 3.93. The van der Waals surface area contributed by atoms with Gasteiger partial charge in [0.25, 0.3) is 0 Å². The first-order chi connectivity index (χ1) is 7.90. The first kappa shape index (κ1) is 14.7. The van der Waals surface area contributed by atoms with Gasteiger partial charge in [-0.1, -0.05) is 26.0 Å². The van der Waals surface area contributed by atoms with Crippen LogP contribution in [0.2, 0.25) is 0 Å². The van der Waals surface area contributed by atoms with Gasteiger partial charge in [-0.05, 0) is 17.2 Å². The Hall–Kier alpha value is -0.350. The Labute approximate surface area is 106 Å². The molecular weight excluding hydrogens is 263 g/mol. The molecule has 1 aliphatic heterocycles. The number of ether oxygens (including phenoxy) is 1. The Morgan fingerprint density at radius 1 is 1.53 bits per heavy atom. The molecule has 0 saturated carbocycles. The highest BCUT2D eigenvalue weighted by Crippen LogP contribution is 2.53. The Bertz CT molecular complexity index is 359. The molecule has 0 saturated heterocycles. The van der Waals surface area contributed by atoms with E-state index in [0.717, 1.165) is 0 Å². The summed E-state index contributed by atoms with van der Waals surface area (Å²) in [5.41, 5.74) is 0. The highest BCUT2D eigenvalue weighted by Gasteiger charge is 2.40. The largest absolute Gasteiger partial charge is 0.468 e. The maximum Gasteiger partial charge on any atom is 0.323 e. The molecule has 1 aliphatic rings. The van der Waals surface area contributed by atoms with Gasteiger partial charge >= 0.3 is 12.8 Å². The van der Waals surface area contributed by atoms with Gasteiger partial charge in [-0.2, -0.15) is 0 Å². The Balaban J connectivity index is 3.02. The molecule has 7 heteroatoms. The third-order valence-electron chi connectivity index (χ3n) is 2.59. The van der Waals surface area contributed by atoms with Crippen molar-refractivity contribution in [3.63, 3.8) is 0 Å². The number of hydrogen-bond acceptors (Lipinski definition) is 3. The topological polar surface area (TPSA) is 58.6 Å². The van der Waals surface area contributed by atoms with Crippen LogP contribution in [0.5, 0.6) is 0 Å². The third kappa shape index (κ3) is 3.55. The van der Waals surface area contributed by atoms with Crippen LogP contribution in [0.4, 0.5) is 0 Å². The summed E-state index contributed by atoms with van der Waals surface area (Å²) in [6, 6.07) is -0.612. The molecule has 0 aromatic rings. The molecule has 0 radical (unpaired) electrons. The fourth-order valence-electron chi connectivity index (χ4n) is 1.76. The summed E-state index contributed by atoms with van der Waals surface area (Å²) in [6.07, 6.45) is 3.68. The zero-order chi connectivity index (χ0) is 13.1. The minimum Gasteiger partial charge on any atom is -0.468 e. The van der Waals surface area contributed by atoms with Gasteiger partial charge in [0.2, 0.25) is 0 Å². The number of carbonyl (C=O) groups is 1. The molecule has 0 aromatic carbocycles. The van der Waals surface area contributed by atoms with Crippen molar-refractivity contribution in [2.75, 3.05) is 20.2 Å². The van der Waals surface area contributed by atoms with Crippen molar-refractivity contribution in [2.24, 2.45) is 5.92 Å². The van der Waals surface area contributed by atoms with Crippen LogP contribution in [0.1, 0.15) is 13.8 Å². The second kappa shape index (κ2) is 6.01. The molecule has 1 heterocycles. The van der Waals surface area contributed by atoms with Crippen LogP contribution in [0.3, 0.4) is 0 Å². The molecule has 98 valence electrons. The molecule has 0 aromatic heterocycles. The summed E-state index contributed by atoms with van der Waals surface area (Å²) in [5, 5.41) is 2.74. The van der Waals surface area contributed by atoms with E-state index in [4.69, 9.17) is 16.0 Å². The lowest BCUT2D eigenvalue weighted by Crippen LogP contribution is -2.44. The van der Waals surface area contributed by atoms with E-state index < -0.39 is 18.8 Å². The summed E-state index contributed by atoms with van der Waals surface area (Å²) in [6.45, 7) is 1.31. The zero-order valence-electron chi connectivity index (χ0n) is 10.2. The number of nitrogens with zero attached hydrogens (tertiary/aromatic N) is 1. The molecule has 17 heavy (non-hydrogen) atoms. The first-order valence-electron chi connectivity index (χ1n) is 5.45. The van der Waals surface area contributed by atoms with Crippen molar-refractivity contribution in [2.45, 2.75) is 19.9 Å². The van der Waals surface area contributed by atoms with Crippen LogP contribution in [-0.2, 0) is 14.1 Å². The molecule has 0 bridgehead atoms. The summed E-state index contributed by atoms with van der Waals surface area (Å²) >= 11 is 6.00. The van der Waals surface area contributed by atoms with Crippen LogP contribution < -0.4 is 5.09 Å². The lowest BCUT2D eigenvalue weighted by molar-refractivity contribution is -0.146. The van der Waals surface area contributed by atoms with Crippen LogP contribution in [0, 0.1) is 5.92 Å². The van der Waals surface area contributed by atoms with E-state index in [1.54, 1.807) is 0 Å². The first-order valence-corrected chi connectivity index (χ1v) is 8.01. The minimum absolute atomic E-state index is 0.0391. The summed E-state index contributed by atoms with van der Waals surface area (Å²) in [5.74, 6) is -0.458. The molecule has 2 atom stereocenters. The van der Waals surface area contributed by atoms with Crippen LogP contribution in [-0.4, -0.2) is 36.9 Å². The second-order valence-electron chi connectivity index (χ2n) is 4.17. The number of nitrogens with one attached hydrogen (secondary N) is 1. The van der Waals surface area contributed by atoms with E-state index in [1.165, 1.54) is 11.8 Å². The Morgan fingerprint density at radius 3 is 2.71 bits per heavy atom. The number of methoxy groups -OCH3 is 1. The van der Waals surface area contributed by atoms with Crippen LogP contribution in [0.15, 0.2) is 12.2 Å². The van der Waals surface area contributed by atoms with Gasteiger partial charge in [0.1, 0.15) is 6.04 Å². The Kier molecular flexibility index (Phi) is 5.20.